The monoisotopic (exact) mass is 290 g/mol. The van der Waals surface area contributed by atoms with Crippen molar-refractivity contribution in [3.05, 3.63) is 6.33 Å². The molecular weight excluding hydrogens is 268 g/mol. The number of likely N-dealkylation sites (tertiary alicyclic amines) is 1. The molecule has 1 aliphatic heterocycles. The van der Waals surface area contributed by atoms with Crippen molar-refractivity contribution in [2.45, 2.75) is 26.3 Å². The number of nitrogen functional groups attached to an aromatic ring is 1. The van der Waals surface area contributed by atoms with Gasteiger partial charge >= 0.3 is 0 Å². The van der Waals surface area contributed by atoms with Gasteiger partial charge < -0.3 is 15.4 Å². The fourth-order valence-corrected chi connectivity index (χ4v) is 3.04. The Labute approximate surface area is 124 Å². The lowest BCUT2D eigenvalue weighted by Gasteiger charge is -2.20. The van der Waals surface area contributed by atoms with Gasteiger partial charge in [0.1, 0.15) is 6.33 Å². The van der Waals surface area contributed by atoms with E-state index in [9.17, 15) is 0 Å². The van der Waals surface area contributed by atoms with E-state index in [0.717, 1.165) is 18.7 Å². The molecule has 1 unspecified atom stereocenters. The molecule has 2 aromatic heterocycles. The highest BCUT2D eigenvalue weighted by Crippen LogP contribution is 2.24. The zero-order valence-electron chi connectivity index (χ0n) is 12.6. The molecule has 21 heavy (non-hydrogen) atoms. The quantitative estimate of drug-likeness (QED) is 0.889. The summed E-state index contributed by atoms with van der Waals surface area (Å²) in [6.07, 6.45) is 4.12. The van der Waals surface area contributed by atoms with E-state index in [1.807, 2.05) is 4.57 Å². The van der Waals surface area contributed by atoms with Crippen LogP contribution in [0.5, 0.6) is 5.88 Å². The summed E-state index contributed by atoms with van der Waals surface area (Å²) in [6.45, 7) is 6.54. The average Bonchev–Trinajstić information content (AvgIpc) is 3.07. The SMILES string of the molecule is COc1ncnc2c1nc(N)n2CC(C)CN1CCCC1. The second-order valence-electron chi connectivity index (χ2n) is 5.75. The Morgan fingerprint density at radius 1 is 1.29 bits per heavy atom. The van der Waals surface area contributed by atoms with Gasteiger partial charge in [-0.25, -0.2) is 9.97 Å². The number of methoxy groups -OCH3 is 1. The lowest BCUT2D eigenvalue weighted by molar-refractivity contribution is 0.273. The number of nitrogens with two attached hydrogens (primary N) is 1. The van der Waals surface area contributed by atoms with E-state index in [2.05, 4.69) is 26.8 Å². The zero-order chi connectivity index (χ0) is 14.8. The predicted octanol–water partition coefficient (Wildman–Crippen LogP) is 1.15. The van der Waals surface area contributed by atoms with Crippen LogP contribution < -0.4 is 10.5 Å². The van der Waals surface area contributed by atoms with Crippen LogP contribution in [0.1, 0.15) is 19.8 Å². The Morgan fingerprint density at radius 3 is 2.76 bits per heavy atom. The number of imidazole rings is 1. The van der Waals surface area contributed by atoms with Crippen LogP contribution in [-0.2, 0) is 6.54 Å². The van der Waals surface area contributed by atoms with Gasteiger partial charge in [-0.1, -0.05) is 6.92 Å². The molecule has 2 aromatic rings. The molecule has 0 bridgehead atoms. The van der Waals surface area contributed by atoms with Crippen molar-refractivity contribution in [3.8, 4) is 5.88 Å². The van der Waals surface area contributed by atoms with Crippen LogP contribution in [0.4, 0.5) is 5.95 Å². The van der Waals surface area contributed by atoms with E-state index < -0.39 is 0 Å². The van der Waals surface area contributed by atoms with Crippen LogP contribution in [0.15, 0.2) is 6.33 Å². The first-order valence-electron chi connectivity index (χ1n) is 7.42. The summed E-state index contributed by atoms with van der Waals surface area (Å²) < 4.78 is 7.18. The van der Waals surface area contributed by atoms with Gasteiger partial charge in [0.2, 0.25) is 11.8 Å². The van der Waals surface area contributed by atoms with Crippen molar-refractivity contribution in [3.63, 3.8) is 0 Å². The van der Waals surface area contributed by atoms with Gasteiger partial charge in [-0.2, -0.15) is 4.98 Å². The molecule has 0 aliphatic carbocycles. The maximum Gasteiger partial charge on any atom is 0.245 e. The predicted molar refractivity (Wildman–Crippen MR) is 81.1 cm³/mol. The smallest absolute Gasteiger partial charge is 0.245 e. The van der Waals surface area contributed by atoms with Crippen LogP contribution in [-0.4, -0.2) is 51.2 Å². The molecule has 0 aromatic carbocycles. The molecule has 1 fully saturated rings. The van der Waals surface area contributed by atoms with Gasteiger partial charge in [0, 0.05) is 13.1 Å². The van der Waals surface area contributed by atoms with Gasteiger partial charge in [-0.3, -0.25) is 4.57 Å². The topological polar surface area (TPSA) is 82.1 Å². The van der Waals surface area contributed by atoms with Crippen LogP contribution in [0.2, 0.25) is 0 Å². The van der Waals surface area contributed by atoms with Crippen LogP contribution in [0.25, 0.3) is 11.2 Å². The Kier molecular flexibility index (Phi) is 3.92. The molecule has 3 rings (SSSR count). The number of nitrogens with zero attached hydrogens (tertiary/aromatic N) is 5. The molecule has 1 saturated heterocycles. The first kappa shape index (κ1) is 14.1. The summed E-state index contributed by atoms with van der Waals surface area (Å²) in [6, 6.07) is 0. The summed E-state index contributed by atoms with van der Waals surface area (Å²) in [5, 5.41) is 0. The second kappa shape index (κ2) is 5.85. The van der Waals surface area contributed by atoms with Gasteiger partial charge in [0.05, 0.1) is 7.11 Å². The highest BCUT2D eigenvalue weighted by Gasteiger charge is 2.19. The number of hydrogen-bond acceptors (Lipinski definition) is 6. The fourth-order valence-electron chi connectivity index (χ4n) is 3.04. The van der Waals surface area contributed by atoms with E-state index in [1.54, 1.807) is 7.11 Å². The Hall–Kier alpha value is -1.89. The molecule has 1 aliphatic rings. The maximum absolute atomic E-state index is 6.05. The highest BCUT2D eigenvalue weighted by atomic mass is 16.5. The third-order valence-electron chi connectivity index (χ3n) is 3.98. The summed E-state index contributed by atoms with van der Waals surface area (Å²) in [5.74, 6) is 1.43. The minimum atomic E-state index is 0.470. The first-order chi connectivity index (χ1) is 10.2. The Morgan fingerprint density at radius 2 is 2.05 bits per heavy atom. The minimum absolute atomic E-state index is 0.470. The lowest BCUT2D eigenvalue weighted by atomic mass is 10.1. The molecule has 0 amide bonds. The summed E-state index contributed by atoms with van der Waals surface area (Å²) in [7, 11) is 1.58. The molecule has 7 nitrogen and oxygen atoms in total. The van der Waals surface area contributed by atoms with Gasteiger partial charge in [-0.15, -0.1) is 0 Å². The molecule has 0 radical (unpaired) electrons. The van der Waals surface area contributed by atoms with Crippen LogP contribution in [0.3, 0.4) is 0 Å². The lowest BCUT2D eigenvalue weighted by Crippen LogP contribution is -2.27. The fraction of sp³-hybridized carbons (Fsp3) is 0.643. The molecule has 114 valence electrons. The Bertz CT molecular complexity index is 619. The molecule has 3 heterocycles. The molecular formula is C14H22N6O. The van der Waals surface area contributed by atoms with Crippen molar-refractivity contribution >= 4 is 17.1 Å². The van der Waals surface area contributed by atoms with Crippen molar-refractivity contribution in [1.82, 2.24) is 24.4 Å². The van der Waals surface area contributed by atoms with E-state index in [0.29, 0.717) is 23.3 Å². The Balaban J connectivity index is 1.81. The molecule has 2 N–H and O–H groups in total. The summed E-state index contributed by atoms with van der Waals surface area (Å²) in [4.78, 5) is 15.2. The van der Waals surface area contributed by atoms with Crippen LogP contribution >= 0.6 is 0 Å². The molecule has 0 saturated carbocycles. The average molecular weight is 290 g/mol. The van der Waals surface area contributed by atoms with E-state index >= 15 is 0 Å². The number of aromatic nitrogens is 4. The number of fused-ring (bicyclic) bond motifs is 1. The largest absolute Gasteiger partial charge is 0.479 e. The van der Waals surface area contributed by atoms with Crippen molar-refractivity contribution in [2.75, 3.05) is 32.5 Å². The second-order valence-corrected chi connectivity index (χ2v) is 5.75. The number of hydrogen-bond donors (Lipinski definition) is 1. The van der Waals surface area contributed by atoms with Crippen molar-refractivity contribution in [1.29, 1.82) is 0 Å². The minimum Gasteiger partial charge on any atom is -0.479 e. The number of rotatable bonds is 5. The van der Waals surface area contributed by atoms with Crippen LogP contribution in [0, 0.1) is 5.92 Å². The van der Waals surface area contributed by atoms with E-state index in [4.69, 9.17) is 10.5 Å². The molecule has 0 spiro atoms. The zero-order valence-corrected chi connectivity index (χ0v) is 12.6. The van der Waals surface area contributed by atoms with Gasteiger partial charge in [-0.05, 0) is 31.8 Å². The summed E-state index contributed by atoms with van der Waals surface area (Å²) >= 11 is 0. The summed E-state index contributed by atoms with van der Waals surface area (Å²) in [5.41, 5.74) is 7.42. The third kappa shape index (κ3) is 2.78. The third-order valence-corrected chi connectivity index (χ3v) is 3.98. The highest BCUT2D eigenvalue weighted by molar-refractivity contribution is 5.78. The molecule has 1 atom stereocenters. The van der Waals surface area contributed by atoms with Gasteiger partial charge in [0.15, 0.2) is 11.2 Å². The molecule has 7 heteroatoms. The normalized spacial score (nSPS) is 17.4. The van der Waals surface area contributed by atoms with Crippen molar-refractivity contribution in [2.24, 2.45) is 5.92 Å². The van der Waals surface area contributed by atoms with Gasteiger partial charge in [0.25, 0.3) is 0 Å². The number of anilines is 1. The standard InChI is InChI=1S/C14H22N6O/c1-10(7-19-5-3-4-6-19)8-20-12-11(18-14(20)15)13(21-2)17-9-16-12/h9-10H,3-8H2,1-2H3,(H2,15,18). The number of ether oxygens (including phenoxy) is 1. The van der Waals surface area contributed by atoms with E-state index in [1.165, 1.54) is 32.3 Å². The maximum atomic E-state index is 6.05. The van der Waals surface area contributed by atoms with Crippen molar-refractivity contribution < 1.29 is 4.74 Å². The van der Waals surface area contributed by atoms with E-state index in [-0.39, 0.29) is 0 Å². The first-order valence-corrected chi connectivity index (χ1v) is 7.42.